The normalized spacial score (nSPS) is 20.1. The molecular weight excluding hydrogens is 662 g/mol. The summed E-state index contributed by atoms with van der Waals surface area (Å²) < 4.78 is 11.9. The molecule has 3 N–H and O–H groups in total. The molecule has 0 aliphatic carbocycles. The number of methoxy groups -OCH3 is 2. The number of carbonyl (C=O) groups excluding carboxylic acids is 4. The minimum absolute atomic E-state index is 0.0153. The number of carbonyl (C=O) groups is 4. The Morgan fingerprint density at radius 1 is 0.904 bits per heavy atom. The van der Waals surface area contributed by atoms with E-state index in [2.05, 4.69) is 10.6 Å². The van der Waals surface area contributed by atoms with E-state index >= 15 is 0 Å². The molecule has 1 fully saturated rings. The molecule has 2 rings (SSSR count). The van der Waals surface area contributed by atoms with E-state index in [1.165, 1.54) is 0 Å². The predicted molar refractivity (Wildman–Crippen MR) is 204 cm³/mol. The highest BCUT2D eigenvalue weighted by molar-refractivity contribution is 5.90. The molecule has 0 radical (unpaired) electrons. The third kappa shape index (κ3) is 11.5. The molecular formula is C40H69N5O7. The Morgan fingerprint density at radius 2 is 1.52 bits per heavy atom. The highest BCUT2D eigenvalue weighted by atomic mass is 16.5. The van der Waals surface area contributed by atoms with Crippen molar-refractivity contribution in [3.8, 4) is 0 Å². The van der Waals surface area contributed by atoms with Crippen LogP contribution in [0, 0.1) is 23.7 Å². The quantitative estimate of drug-likeness (QED) is 0.184. The predicted octanol–water partition coefficient (Wildman–Crippen LogP) is 3.87. The lowest BCUT2D eigenvalue weighted by Crippen LogP contribution is -2.59. The molecule has 296 valence electrons. The number of ether oxygens (including phenoxy) is 2. The number of aliphatic hydroxyl groups is 1. The van der Waals surface area contributed by atoms with E-state index in [0.717, 1.165) is 12.8 Å². The van der Waals surface area contributed by atoms with Crippen molar-refractivity contribution in [3.63, 3.8) is 0 Å². The van der Waals surface area contributed by atoms with E-state index in [0.29, 0.717) is 18.5 Å². The summed E-state index contributed by atoms with van der Waals surface area (Å²) in [7, 11) is 8.57. The summed E-state index contributed by atoms with van der Waals surface area (Å²) in [5, 5.41) is 16.8. The summed E-state index contributed by atoms with van der Waals surface area (Å²) in [4.78, 5) is 60.6. The van der Waals surface area contributed by atoms with Crippen LogP contribution in [0.1, 0.15) is 92.7 Å². The minimum atomic E-state index is -0.876. The van der Waals surface area contributed by atoms with Crippen LogP contribution in [0.4, 0.5) is 0 Å². The van der Waals surface area contributed by atoms with Crippen molar-refractivity contribution >= 4 is 23.6 Å². The Bertz CT molecular complexity index is 1270. The number of likely N-dealkylation sites (N-methyl/N-ethyl adjacent to an activating group) is 2. The fourth-order valence-corrected chi connectivity index (χ4v) is 7.78. The van der Waals surface area contributed by atoms with Gasteiger partial charge in [0.15, 0.2) is 0 Å². The number of likely N-dealkylation sites (tertiary alicyclic amines) is 1. The number of benzene rings is 1. The maximum atomic E-state index is 14.2. The summed E-state index contributed by atoms with van der Waals surface area (Å²) in [5.41, 5.74) is 0.711. The molecule has 1 heterocycles. The van der Waals surface area contributed by atoms with Gasteiger partial charge >= 0.3 is 0 Å². The van der Waals surface area contributed by atoms with Crippen LogP contribution in [0.25, 0.3) is 0 Å². The van der Waals surface area contributed by atoms with Gasteiger partial charge in [0.25, 0.3) is 0 Å². The number of hydrogen-bond donors (Lipinski definition) is 3. The molecule has 12 heteroatoms. The smallest absolute Gasteiger partial charge is 0.245 e. The van der Waals surface area contributed by atoms with E-state index in [1.807, 2.05) is 90.9 Å². The fraction of sp³-hybridized carbons (Fsp3) is 0.750. The standard InChI is InChI=1S/C40H69N5O7/c1-14-26(6)35(44(11)40(50)33(24(2)3)42-39(49)34(25(4)5)43(9)10)31(51-12)23-32(46)45-22-18-21-30(45)37(52-13)27(7)38(48)41-28(8)36(47)29-19-16-15-17-20-29/h15-17,19-20,24-28,30-31,33-37,47H,14,18,21-23H2,1-13H3,(H,41,48)(H,42,49)/t26?,27-,28-,30+,31-,33+,34+,35+,36-,37-/m1/s1. The van der Waals surface area contributed by atoms with Crippen LogP contribution in [0.3, 0.4) is 0 Å². The Morgan fingerprint density at radius 3 is 2.02 bits per heavy atom. The molecule has 4 amide bonds. The first-order valence-electron chi connectivity index (χ1n) is 19.0. The molecule has 0 bridgehead atoms. The van der Waals surface area contributed by atoms with Crippen LogP contribution in [-0.4, -0.2) is 128 Å². The van der Waals surface area contributed by atoms with Gasteiger partial charge in [-0.1, -0.05) is 85.2 Å². The lowest BCUT2D eigenvalue weighted by molar-refractivity contribution is -0.148. The van der Waals surface area contributed by atoms with E-state index in [1.54, 1.807) is 44.9 Å². The zero-order valence-corrected chi connectivity index (χ0v) is 34.1. The van der Waals surface area contributed by atoms with Crippen molar-refractivity contribution in [1.29, 1.82) is 0 Å². The van der Waals surface area contributed by atoms with E-state index in [9.17, 15) is 24.3 Å². The van der Waals surface area contributed by atoms with Gasteiger partial charge in [-0.15, -0.1) is 0 Å². The van der Waals surface area contributed by atoms with Crippen LogP contribution in [-0.2, 0) is 28.7 Å². The second-order valence-electron chi connectivity index (χ2n) is 15.6. The molecule has 10 atom stereocenters. The van der Waals surface area contributed by atoms with E-state index in [-0.39, 0.29) is 53.8 Å². The van der Waals surface area contributed by atoms with Gasteiger partial charge in [-0.3, -0.25) is 24.1 Å². The number of nitrogens with zero attached hydrogens (tertiary/aromatic N) is 3. The van der Waals surface area contributed by atoms with Crippen molar-refractivity contribution in [2.75, 3.05) is 41.9 Å². The lowest BCUT2D eigenvalue weighted by atomic mass is 9.89. The summed E-state index contributed by atoms with van der Waals surface area (Å²) in [6.45, 7) is 16.0. The molecule has 1 aromatic rings. The second kappa shape index (κ2) is 21.0. The monoisotopic (exact) mass is 732 g/mol. The number of nitrogens with one attached hydrogen (secondary N) is 2. The van der Waals surface area contributed by atoms with E-state index in [4.69, 9.17) is 9.47 Å². The van der Waals surface area contributed by atoms with Gasteiger partial charge in [-0.2, -0.15) is 0 Å². The molecule has 1 aromatic carbocycles. The Labute approximate surface area is 313 Å². The average molecular weight is 732 g/mol. The molecule has 0 aromatic heterocycles. The van der Waals surface area contributed by atoms with Gasteiger partial charge in [0.2, 0.25) is 23.6 Å². The summed E-state index contributed by atoms with van der Waals surface area (Å²) in [6, 6.07) is 6.72. The van der Waals surface area contributed by atoms with Crippen molar-refractivity contribution in [1.82, 2.24) is 25.3 Å². The topological polar surface area (TPSA) is 141 Å². The maximum absolute atomic E-state index is 14.2. The third-order valence-corrected chi connectivity index (χ3v) is 10.9. The number of amides is 4. The van der Waals surface area contributed by atoms with Crippen molar-refractivity contribution in [3.05, 3.63) is 35.9 Å². The third-order valence-electron chi connectivity index (χ3n) is 10.9. The summed E-state index contributed by atoms with van der Waals surface area (Å²) in [5.74, 6) is -1.57. The number of rotatable bonds is 20. The van der Waals surface area contributed by atoms with E-state index < -0.39 is 48.4 Å². The van der Waals surface area contributed by atoms with Gasteiger partial charge in [-0.25, -0.2) is 0 Å². The van der Waals surface area contributed by atoms with Crippen LogP contribution < -0.4 is 10.6 Å². The maximum Gasteiger partial charge on any atom is 0.245 e. The summed E-state index contributed by atoms with van der Waals surface area (Å²) >= 11 is 0. The molecule has 52 heavy (non-hydrogen) atoms. The zero-order valence-electron chi connectivity index (χ0n) is 34.1. The highest BCUT2D eigenvalue weighted by Crippen LogP contribution is 2.30. The fourth-order valence-electron chi connectivity index (χ4n) is 7.78. The molecule has 1 aliphatic rings. The van der Waals surface area contributed by atoms with Crippen LogP contribution in [0.5, 0.6) is 0 Å². The SMILES string of the molecule is CCC(C)[C@@H]([C@@H](CC(=O)N1CCC[C@H]1[C@H](OC)[C@@H](C)C(=O)N[C@H](C)[C@@H](O)c1ccccc1)OC)N(C)C(=O)[C@@H](NC(=O)[C@H](C(C)C)N(C)C)C(C)C. The number of aliphatic hydroxyl groups excluding tert-OH is 1. The zero-order chi connectivity index (χ0) is 39.4. The lowest BCUT2D eigenvalue weighted by Gasteiger charge is -2.41. The molecule has 12 nitrogen and oxygen atoms in total. The number of hydrogen-bond acceptors (Lipinski definition) is 8. The Kier molecular flexibility index (Phi) is 18.2. The van der Waals surface area contributed by atoms with Gasteiger partial charge in [0.05, 0.1) is 54.8 Å². The van der Waals surface area contributed by atoms with Gasteiger partial charge in [-0.05, 0) is 57.2 Å². The van der Waals surface area contributed by atoms with Crippen LogP contribution >= 0.6 is 0 Å². The first kappa shape index (κ1) is 45.1. The first-order chi connectivity index (χ1) is 24.4. The largest absolute Gasteiger partial charge is 0.386 e. The van der Waals surface area contributed by atoms with Gasteiger partial charge < -0.3 is 35.0 Å². The molecule has 1 saturated heterocycles. The van der Waals surface area contributed by atoms with Crippen molar-refractivity contribution in [2.24, 2.45) is 23.7 Å². The molecule has 0 saturated carbocycles. The minimum Gasteiger partial charge on any atom is -0.386 e. The first-order valence-corrected chi connectivity index (χ1v) is 19.0. The summed E-state index contributed by atoms with van der Waals surface area (Å²) in [6.07, 6.45) is 0.148. The second-order valence-corrected chi connectivity index (χ2v) is 15.6. The van der Waals surface area contributed by atoms with Gasteiger partial charge in [0.1, 0.15) is 6.04 Å². The van der Waals surface area contributed by atoms with Crippen molar-refractivity contribution < 1.29 is 33.8 Å². The molecule has 0 spiro atoms. The van der Waals surface area contributed by atoms with Crippen LogP contribution in [0.15, 0.2) is 30.3 Å². The van der Waals surface area contributed by atoms with Crippen LogP contribution in [0.2, 0.25) is 0 Å². The molecule has 1 unspecified atom stereocenters. The Balaban J connectivity index is 2.25. The van der Waals surface area contributed by atoms with Gasteiger partial charge in [0, 0.05) is 27.8 Å². The molecule has 1 aliphatic heterocycles. The van der Waals surface area contributed by atoms with Crippen molar-refractivity contribution in [2.45, 2.75) is 130 Å². The average Bonchev–Trinajstić information content (AvgIpc) is 3.59. The highest BCUT2D eigenvalue weighted by Gasteiger charge is 2.43. The Hall–Kier alpha value is -3.06.